The minimum absolute atomic E-state index is 0.0686. The normalized spacial score (nSPS) is 16.5. The summed E-state index contributed by atoms with van der Waals surface area (Å²) in [4.78, 5) is 16.0. The van der Waals surface area contributed by atoms with E-state index in [0.29, 0.717) is 9.23 Å². The molecule has 3 rings (SSSR count). The topological polar surface area (TPSA) is 20.3 Å². The van der Waals surface area contributed by atoms with Crippen LogP contribution in [0.25, 0.3) is 6.08 Å². The monoisotopic (exact) mass is 369 g/mol. The number of rotatable bonds is 4. The number of hydrogen-bond donors (Lipinski definition) is 0. The zero-order chi connectivity index (χ0) is 16.9. The van der Waals surface area contributed by atoms with Crippen LogP contribution in [0.1, 0.15) is 5.56 Å². The molecule has 24 heavy (non-hydrogen) atoms. The minimum Gasteiger partial charge on any atom is -0.268 e. The van der Waals surface area contributed by atoms with Gasteiger partial charge in [0.1, 0.15) is 0 Å². The van der Waals surface area contributed by atoms with Crippen LogP contribution < -0.4 is 4.90 Å². The number of anilines is 1. The summed E-state index contributed by atoms with van der Waals surface area (Å²) in [5.74, 6) is -0.0686. The van der Waals surface area contributed by atoms with Crippen molar-refractivity contribution < 1.29 is 4.79 Å². The SMILES string of the molecule is CSc1cccc(N2C(=O)/C(=C/C=C\c3ccccc3)SC2=S)c1. The molecule has 2 nitrogen and oxygen atoms in total. The molecule has 5 heteroatoms. The summed E-state index contributed by atoms with van der Waals surface area (Å²) < 4.78 is 0.567. The fourth-order valence-electron chi connectivity index (χ4n) is 2.26. The van der Waals surface area contributed by atoms with Gasteiger partial charge in [0, 0.05) is 4.90 Å². The average Bonchev–Trinajstić information content (AvgIpc) is 2.90. The van der Waals surface area contributed by atoms with Crippen molar-refractivity contribution in [3.63, 3.8) is 0 Å². The Labute approximate surface area is 155 Å². The number of hydrogen-bond acceptors (Lipinski definition) is 4. The van der Waals surface area contributed by atoms with E-state index in [1.807, 2.05) is 79.1 Å². The molecule has 1 fully saturated rings. The fraction of sp³-hybridized carbons (Fsp3) is 0.0526. The van der Waals surface area contributed by atoms with E-state index in [1.165, 1.54) is 11.8 Å². The van der Waals surface area contributed by atoms with Gasteiger partial charge in [-0.05, 0) is 36.1 Å². The van der Waals surface area contributed by atoms with Gasteiger partial charge in [-0.1, -0.05) is 72.5 Å². The number of carbonyl (C=O) groups excluding carboxylic acids is 1. The molecule has 1 aliphatic rings. The van der Waals surface area contributed by atoms with Crippen molar-refractivity contribution >= 4 is 57.7 Å². The lowest BCUT2D eigenvalue weighted by Gasteiger charge is -2.15. The highest BCUT2D eigenvalue weighted by Crippen LogP contribution is 2.35. The van der Waals surface area contributed by atoms with E-state index in [1.54, 1.807) is 16.7 Å². The first-order valence-corrected chi connectivity index (χ1v) is 9.78. The van der Waals surface area contributed by atoms with Gasteiger partial charge < -0.3 is 0 Å². The lowest BCUT2D eigenvalue weighted by molar-refractivity contribution is -0.113. The van der Waals surface area contributed by atoms with Gasteiger partial charge in [-0.15, -0.1) is 11.8 Å². The van der Waals surface area contributed by atoms with Gasteiger partial charge in [0.05, 0.1) is 10.6 Å². The van der Waals surface area contributed by atoms with Gasteiger partial charge in [0.2, 0.25) is 0 Å². The number of benzene rings is 2. The number of allylic oxidation sites excluding steroid dienone is 2. The molecule has 1 saturated heterocycles. The van der Waals surface area contributed by atoms with Gasteiger partial charge >= 0.3 is 0 Å². The van der Waals surface area contributed by atoms with Crippen LogP contribution in [0, 0.1) is 0 Å². The molecular formula is C19H15NOS3. The van der Waals surface area contributed by atoms with Gasteiger partial charge in [0.25, 0.3) is 5.91 Å². The number of thiocarbonyl (C=S) groups is 1. The molecule has 0 spiro atoms. The van der Waals surface area contributed by atoms with Crippen molar-refractivity contribution in [2.75, 3.05) is 11.2 Å². The van der Waals surface area contributed by atoms with E-state index in [0.717, 1.165) is 16.1 Å². The van der Waals surface area contributed by atoms with Gasteiger partial charge in [0.15, 0.2) is 4.32 Å². The molecule has 0 radical (unpaired) electrons. The Balaban J connectivity index is 1.81. The predicted octanol–water partition coefficient (Wildman–Crippen LogP) is 5.37. The van der Waals surface area contributed by atoms with E-state index in [4.69, 9.17) is 12.2 Å². The lowest BCUT2D eigenvalue weighted by atomic mass is 10.2. The summed E-state index contributed by atoms with van der Waals surface area (Å²) in [6.45, 7) is 0. The second kappa shape index (κ2) is 7.83. The summed E-state index contributed by atoms with van der Waals surface area (Å²) in [7, 11) is 0. The Kier molecular flexibility index (Phi) is 5.56. The highest BCUT2D eigenvalue weighted by atomic mass is 32.2. The molecule has 0 aliphatic carbocycles. The summed E-state index contributed by atoms with van der Waals surface area (Å²) in [6, 6.07) is 17.8. The summed E-state index contributed by atoms with van der Waals surface area (Å²) >= 11 is 8.38. The van der Waals surface area contributed by atoms with Crippen LogP contribution in [0.3, 0.4) is 0 Å². The first-order valence-electron chi connectivity index (χ1n) is 7.33. The Hall–Kier alpha value is -1.82. The van der Waals surface area contributed by atoms with Gasteiger partial charge in [-0.3, -0.25) is 9.69 Å². The Morgan fingerprint density at radius 2 is 1.92 bits per heavy atom. The molecule has 2 aromatic rings. The summed E-state index contributed by atoms with van der Waals surface area (Å²) in [5.41, 5.74) is 1.91. The molecule has 120 valence electrons. The van der Waals surface area contributed by atoms with Crippen molar-refractivity contribution in [3.8, 4) is 0 Å². The van der Waals surface area contributed by atoms with Crippen LogP contribution in [0.5, 0.6) is 0 Å². The zero-order valence-corrected chi connectivity index (χ0v) is 15.5. The number of carbonyl (C=O) groups is 1. The molecule has 2 aromatic carbocycles. The highest BCUT2D eigenvalue weighted by Gasteiger charge is 2.32. The second-order valence-corrected chi connectivity index (χ2v) is 7.57. The van der Waals surface area contributed by atoms with Crippen LogP contribution in [-0.4, -0.2) is 16.5 Å². The predicted molar refractivity (Wildman–Crippen MR) is 109 cm³/mol. The molecule has 0 saturated carbocycles. The Morgan fingerprint density at radius 1 is 1.12 bits per heavy atom. The Bertz CT molecular complexity index is 828. The molecule has 1 amide bonds. The van der Waals surface area contributed by atoms with Crippen molar-refractivity contribution in [1.82, 2.24) is 0 Å². The molecule has 0 atom stereocenters. The maximum Gasteiger partial charge on any atom is 0.270 e. The third kappa shape index (κ3) is 3.80. The quantitative estimate of drug-likeness (QED) is 0.410. The minimum atomic E-state index is -0.0686. The molecular weight excluding hydrogens is 354 g/mol. The Morgan fingerprint density at radius 3 is 2.67 bits per heavy atom. The van der Waals surface area contributed by atoms with Crippen LogP contribution in [0.2, 0.25) is 0 Å². The number of thioether (sulfide) groups is 2. The van der Waals surface area contributed by atoms with E-state index < -0.39 is 0 Å². The van der Waals surface area contributed by atoms with E-state index in [2.05, 4.69) is 0 Å². The third-order valence-electron chi connectivity index (χ3n) is 3.44. The van der Waals surface area contributed by atoms with Gasteiger partial charge in [-0.25, -0.2) is 0 Å². The van der Waals surface area contributed by atoms with Crippen molar-refractivity contribution in [2.24, 2.45) is 0 Å². The largest absolute Gasteiger partial charge is 0.270 e. The average molecular weight is 370 g/mol. The van der Waals surface area contributed by atoms with Crippen LogP contribution in [-0.2, 0) is 4.79 Å². The van der Waals surface area contributed by atoms with Crippen LogP contribution in [0.4, 0.5) is 5.69 Å². The van der Waals surface area contributed by atoms with Crippen molar-refractivity contribution in [1.29, 1.82) is 0 Å². The maximum atomic E-state index is 12.7. The van der Waals surface area contributed by atoms with Crippen molar-refractivity contribution in [2.45, 2.75) is 4.90 Å². The fourth-order valence-corrected chi connectivity index (χ4v) is 3.97. The van der Waals surface area contributed by atoms with Gasteiger partial charge in [-0.2, -0.15) is 0 Å². The standard InChI is InChI=1S/C19H15NOS3/c1-23-16-11-6-10-15(13-16)20-18(21)17(24-19(20)22)12-5-9-14-7-3-2-4-8-14/h2-13H,1H3/b9-5-,17-12-. The number of amides is 1. The van der Waals surface area contributed by atoms with Crippen molar-refractivity contribution in [3.05, 3.63) is 77.2 Å². The summed E-state index contributed by atoms with van der Waals surface area (Å²) in [5, 5.41) is 0. The van der Waals surface area contributed by atoms with Crippen LogP contribution in [0.15, 0.2) is 76.5 Å². The van der Waals surface area contributed by atoms with E-state index in [9.17, 15) is 4.79 Å². The zero-order valence-electron chi connectivity index (χ0n) is 13.0. The maximum absolute atomic E-state index is 12.7. The lowest BCUT2D eigenvalue weighted by Crippen LogP contribution is -2.27. The molecule has 0 bridgehead atoms. The molecule has 0 aromatic heterocycles. The molecule has 1 aliphatic heterocycles. The smallest absolute Gasteiger partial charge is 0.268 e. The van der Waals surface area contributed by atoms with E-state index >= 15 is 0 Å². The van der Waals surface area contributed by atoms with Crippen LogP contribution >= 0.6 is 35.7 Å². The molecule has 0 N–H and O–H groups in total. The number of nitrogens with zero attached hydrogens (tertiary/aromatic N) is 1. The second-order valence-electron chi connectivity index (χ2n) is 5.01. The summed E-state index contributed by atoms with van der Waals surface area (Å²) in [6.07, 6.45) is 7.70. The first-order chi connectivity index (χ1) is 11.7. The molecule has 1 heterocycles. The van der Waals surface area contributed by atoms with E-state index in [-0.39, 0.29) is 5.91 Å². The highest BCUT2D eigenvalue weighted by molar-refractivity contribution is 8.27. The molecule has 0 unspecified atom stereocenters. The third-order valence-corrected chi connectivity index (χ3v) is 5.49. The first kappa shape index (κ1) is 17.0.